The Hall–Kier alpha value is -1.71. The molecule has 0 fully saturated rings. The lowest BCUT2D eigenvalue weighted by Gasteiger charge is -2.20. The Morgan fingerprint density at radius 1 is 1.00 bits per heavy atom. The van der Waals surface area contributed by atoms with E-state index in [-0.39, 0.29) is 11.9 Å². The molecule has 0 saturated heterocycles. The standard InChI is InChI=1S/C17H20FNO/c1-2-16(13-8-10-15(18)11-9-13)19-12-17(20)14-6-4-3-5-7-14/h3-11,16-17,19-20H,2,12H2,1H3/t16-,17-/m1/s1. The fraction of sp³-hybridized carbons (Fsp3) is 0.294. The molecule has 2 nitrogen and oxygen atoms in total. The minimum absolute atomic E-state index is 0.119. The molecule has 0 aliphatic heterocycles. The van der Waals surface area contributed by atoms with Crippen LogP contribution in [0.4, 0.5) is 4.39 Å². The molecule has 0 amide bonds. The van der Waals surface area contributed by atoms with Gasteiger partial charge in [-0.15, -0.1) is 0 Å². The van der Waals surface area contributed by atoms with Crippen LogP contribution in [0.25, 0.3) is 0 Å². The maximum Gasteiger partial charge on any atom is 0.123 e. The third kappa shape index (κ3) is 3.89. The summed E-state index contributed by atoms with van der Waals surface area (Å²) >= 11 is 0. The highest BCUT2D eigenvalue weighted by Crippen LogP contribution is 2.18. The van der Waals surface area contributed by atoms with Gasteiger partial charge in [0, 0.05) is 12.6 Å². The molecule has 3 heteroatoms. The first-order chi connectivity index (χ1) is 9.70. The predicted octanol–water partition coefficient (Wildman–Crippen LogP) is 3.60. The molecule has 2 N–H and O–H groups in total. The van der Waals surface area contributed by atoms with Gasteiger partial charge in [-0.3, -0.25) is 0 Å². The molecule has 106 valence electrons. The van der Waals surface area contributed by atoms with Gasteiger partial charge in [0.25, 0.3) is 0 Å². The summed E-state index contributed by atoms with van der Waals surface area (Å²) in [6.45, 7) is 2.54. The number of benzene rings is 2. The molecule has 2 atom stereocenters. The summed E-state index contributed by atoms with van der Waals surface area (Å²) in [5, 5.41) is 13.5. The minimum atomic E-state index is -0.536. The van der Waals surface area contributed by atoms with Crippen molar-refractivity contribution in [2.24, 2.45) is 0 Å². The van der Waals surface area contributed by atoms with E-state index in [0.717, 1.165) is 17.5 Å². The second-order valence-corrected chi connectivity index (χ2v) is 4.85. The molecule has 0 radical (unpaired) electrons. The summed E-state index contributed by atoms with van der Waals surface area (Å²) in [5.41, 5.74) is 1.93. The van der Waals surface area contributed by atoms with Crippen molar-refractivity contribution in [2.45, 2.75) is 25.5 Å². The normalized spacial score (nSPS) is 13.9. The van der Waals surface area contributed by atoms with Gasteiger partial charge in [0.2, 0.25) is 0 Å². The van der Waals surface area contributed by atoms with E-state index in [4.69, 9.17) is 0 Å². The molecule has 20 heavy (non-hydrogen) atoms. The molecule has 2 rings (SSSR count). The van der Waals surface area contributed by atoms with Gasteiger partial charge in [0.05, 0.1) is 6.10 Å². The number of nitrogens with one attached hydrogen (secondary N) is 1. The van der Waals surface area contributed by atoms with Gasteiger partial charge < -0.3 is 10.4 Å². The summed E-state index contributed by atoms with van der Waals surface area (Å²) < 4.78 is 12.9. The molecule has 0 heterocycles. The maximum atomic E-state index is 12.9. The van der Waals surface area contributed by atoms with Crippen LogP contribution in [0.3, 0.4) is 0 Å². The average molecular weight is 273 g/mol. The van der Waals surface area contributed by atoms with E-state index in [1.807, 2.05) is 30.3 Å². The van der Waals surface area contributed by atoms with Crippen LogP contribution < -0.4 is 5.32 Å². The topological polar surface area (TPSA) is 32.3 Å². The van der Waals surface area contributed by atoms with E-state index in [0.29, 0.717) is 6.54 Å². The van der Waals surface area contributed by atoms with Crippen molar-refractivity contribution in [2.75, 3.05) is 6.54 Å². The first kappa shape index (κ1) is 14.7. The van der Waals surface area contributed by atoms with Crippen molar-refractivity contribution >= 4 is 0 Å². The van der Waals surface area contributed by atoms with Crippen LogP contribution in [-0.2, 0) is 0 Å². The number of hydrogen-bond acceptors (Lipinski definition) is 2. The molecule has 0 saturated carbocycles. The Labute approximate surface area is 119 Å². The Morgan fingerprint density at radius 2 is 1.65 bits per heavy atom. The van der Waals surface area contributed by atoms with Gasteiger partial charge in [-0.1, -0.05) is 49.4 Å². The lowest BCUT2D eigenvalue weighted by molar-refractivity contribution is 0.169. The fourth-order valence-electron chi connectivity index (χ4n) is 2.24. The van der Waals surface area contributed by atoms with Crippen molar-refractivity contribution < 1.29 is 9.50 Å². The summed E-state index contributed by atoms with van der Waals surface area (Å²) in [6, 6.07) is 16.2. The van der Waals surface area contributed by atoms with Crippen LogP contribution in [0.2, 0.25) is 0 Å². The van der Waals surface area contributed by atoms with E-state index < -0.39 is 6.10 Å². The quantitative estimate of drug-likeness (QED) is 0.843. The SMILES string of the molecule is CC[C@@H](NC[C@@H](O)c1ccccc1)c1ccc(F)cc1. The van der Waals surface area contributed by atoms with Crippen LogP contribution >= 0.6 is 0 Å². The minimum Gasteiger partial charge on any atom is -0.387 e. The highest BCUT2D eigenvalue weighted by Gasteiger charge is 2.12. The number of hydrogen-bond donors (Lipinski definition) is 2. The molecule has 0 bridgehead atoms. The van der Waals surface area contributed by atoms with Gasteiger partial charge in [-0.2, -0.15) is 0 Å². The second-order valence-electron chi connectivity index (χ2n) is 4.85. The summed E-state index contributed by atoms with van der Waals surface area (Å²) in [4.78, 5) is 0. The molecule has 0 unspecified atom stereocenters. The maximum absolute atomic E-state index is 12.9. The average Bonchev–Trinajstić information content (AvgIpc) is 2.50. The molecule has 0 aliphatic rings. The first-order valence-electron chi connectivity index (χ1n) is 6.92. The number of aliphatic hydroxyl groups is 1. The van der Waals surface area contributed by atoms with E-state index in [2.05, 4.69) is 12.2 Å². The Kier molecular flexibility index (Phi) is 5.27. The highest BCUT2D eigenvalue weighted by atomic mass is 19.1. The molecular weight excluding hydrogens is 253 g/mol. The molecule has 0 aromatic heterocycles. The van der Waals surface area contributed by atoms with Gasteiger partial charge in [-0.05, 0) is 29.7 Å². The molecule has 2 aromatic carbocycles. The van der Waals surface area contributed by atoms with Crippen LogP contribution in [0.1, 0.15) is 36.6 Å². The Bertz CT molecular complexity index is 512. The van der Waals surface area contributed by atoms with Gasteiger partial charge >= 0.3 is 0 Å². The zero-order valence-electron chi connectivity index (χ0n) is 11.6. The van der Waals surface area contributed by atoms with E-state index in [1.165, 1.54) is 12.1 Å². The largest absolute Gasteiger partial charge is 0.387 e. The van der Waals surface area contributed by atoms with Crippen LogP contribution in [0, 0.1) is 5.82 Å². The molecular formula is C17H20FNO. The van der Waals surface area contributed by atoms with Crippen molar-refractivity contribution in [1.29, 1.82) is 0 Å². The Balaban J connectivity index is 1.95. The third-order valence-corrected chi connectivity index (χ3v) is 3.42. The molecule has 2 aromatic rings. The van der Waals surface area contributed by atoms with Crippen LogP contribution in [0.15, 0.2) is 54.6 Å². The van der Waals surface area contributed by atoms with Crippen molar-refractivity contribution in [3.63, 3.8) is 0 Å². The van der Waals surface area contributed by atoms with Crippen LogP contribution in [0.5, 0.6) is 0 Å². The lowest BCUT2D eigenvalue weighted by Crippen LogP contribution is -2.26. The van der Waals surface area contributed by atoms with E-state index in [9.17, 15) is 9.50 Å². The van der Waals surface area contributed by atoms with E-state index >= 15 is 0 Å². The summed E-state index contributed by atoms with van der Waals surface area (Å²) in [6.07, 6.45) is 0.346. The van der Waals surface area contributed by atoms with Crippen molar-refractivity contribution in [3.8, 4) is 0 Å². The smallest absolute Gasteiger partial charge is 0.123 e. The Morgan fingerprint density at radius 3 is 2.25 bits per heavy atom. The van der Waals surface area contributed by atoms with Crippen LogP contribution in [-0.4, -0.2) is 11.7 Å². The number of aliphatic hydroxyl groups excluding tert-OH is 1. The summed E-state index contributed by atoms with van der Waals surface area (Å²) in [5.74, 6) is -0.229. The van der Waals surface area contributed by atoms with E-state index in [1.54, 1.807) is 12.1 Å². The molecule has 0 spiro atoms. The van der Waals surface area contributed by atoms with Gasteiger partial charge in [0.1, 0.15) is 5.82 Å². The fourth-order valence-corrected chi connectivity index (χ4v) is 2.24. The molecule has 0 aliphatic carbocycles. The number of rotatable bonds is 6. The van der Waals surface area contributed by atoms with Crippen molar-refractivity contribution in [3.05, 3.63) is 71.5 Å². The lowest BCUT2D eigenvalue weighted by atomic mass is 10.0. The number of halogens is 1. The highest BCUT2D eigenvalue weighted by molar-refractivity contribution is 5.21. The zero-order chi connectivity index (χ0) is 14.4. The zero-order valence-corrected chi connectivity index (χ0v) is 11.6. The van der Waals surface area contributed by atoms with Gasteiger partial charge in [-0.25, -0.2) is 4.39 Å². The van der Waals surface area contributed by atoms with Gasteiger partial charge in [0.15, 0.2) is 0 Å². The third-order valence-electron chi connectivity index (χ3n) is 3.42. The summed E-state index contributed by atoms with van der Waals surface area (Å²) in [7, 11) is 0. The second kappa shape index (κ2) is 7.17. The monoisotopic (exact) mass is 273 g/mol. The first-order valence-corrected chi connectivity index (χ1v) is 6.92. The van der Waals surface area contributed by atoms with Crippen molar-refractivity contribution in [1.82, 2.24) is 5.32 Å². The predicted molar refractivity (Wildman–Crippen MR) is 78.8 cm³/mol.